The van der Waals surface area contributed by atoms with Gasteiger partial charge in [0.2, 0.25) is 0 Å². The molecule has 1 nitrogen and oxygen atoms in total. The standard InChI is InChI=1S/C8H5BrCl2F2O/c9-3-4-1-2-5(10)7(6(4)11)14-8(12)13/h1-2,8H,3H2. The van der Waals surface area contributed by atoms with E-state index in [1.165, 1.54) is 6.07 Å². The third-order valence-electron chi connectivity index (χ3n) is 1.48. The molecule has 0 N–H and O–H groups in total. The molecule has 0 saturated heterocycles. The number of ether oxygens (including phenoxy) is 1. The molecule has 0 spiro atoms. The van der Waals surface area contributed by atoms with Gasteiger partial charge in [0.1, 0.15) is 0 Å². The Balaban J connectivity index is 3.11. The summed E-state index contributed by atoms with van der Waals surface area (Å²) in [4.78, 5) is 0. The lowest BCUT2D eigenvalue weighted by molar-refractivity contribution is -0.0497. The fourth-order valence-electron chi connectivity index (χ4n) is 0.874. The molecule has 78 valence electrons. The molecule has 0 fully saturated rings. The van der Waals surface area contributed by atoms with E-state index in [0.29, 0.717) is 10.9 Å². The van der Waals surface area contributed by atoms with Gasteiger partial charge in [-0.3, -0.25) is 0 Å². The third kappa shape index (κ3) is 2.72. The van der Waals surface area contributed by atoms with E-state index in [4.69, 9.17) is 23.2 Å². The van der Waals surface area contributed by atoms with Crippen molar-refractivity contribution in [2.45, 2.75) is 11.9 Å². The topological polar surface area (TPSA) is 9.23 Å². The number of rotatable bonds is 3. The average Bonchev–Trinajstić information content (AvgIpc) is 2.12. The zero-order valence-corrected chi connectivity index (χ0v) is 9.84. The predicted octanol–water partition coefficient (Wildman–Crippen LogP) is 4.49. The molecule has 1 rings (SSSR count). The molecular weight excluding hydrogens is 301 g/mol. The van der Waals surface area contributed by atoms with Crippen LogP contribution in [0, 0.1) is 0 Å². The monoisotopic (exact) mass is 304 g/mol. The molecule has 0 saturated carbocycles. The van der Waals surface area contributed by atoms with E-state index >= 15 is 0 Å². The second-order valence-corrected chi connectivity index (χ2v) is 3.71. The van der Waals surface area contributed by atoms with Gasteiger partial charge in [0, 0.05) is 5.33 Å². The van der Waals surface area contributed by atoms with E-state index < -0.39 is 6.61 Å². The van der Waals surface area contributed by atoms with Crippen molar-refractivity contribution in [1.29, 1.82) is 0 Å². The van der Waals surface area contributed by atoms with Crippen LogP contribution in [-0.4, -0.2) is 6.61 Å². The largest absolute Gasteiger partial charge is 0.432 e. The highest BCUT2D eigenvalue weighted by atomic mass is 79.9. The van der Waals surface area contributed by atoms with Crippen LogP contribution in [0.5, 0.6) is 5.75 Å². The highest BCUT2D eigenvalue weighted by Crippen LogP contribution is 2.37. The second-order valence-electron chi connectivity index (χ2n) is 2.36. The first-order chi connectivity index (χ1) is 6.56. The van der Waals surface area contributed by atoms with Gasteiger partial charge in [0.15, 0.2) is 5.75 Å². The van der Waals surface area contributed by atoms with Gasteiger partial charge in [0.25, 0.3) is 0 Å². The Morgan fingerprint density at radius 3 is 2.50 bits per heavy atom. The van der Waals surface area contributed by atoms with Crippen LogP contribution < -0.4 is 4.74 Å². The smallest absolute Gasteiger partial charge is 0.387 e. The molecule has 0 bridgehead atoms. The first-order valence-corrected chi connectivity index (χ1v) is 5.41. The Morgan fingerprint density at radius 1 is 1.36 bits per heavy atom. The number of halogens is 5. The van der Waals surface area contributed by atoms with Crippen molar-refractivity contribution in [3.05, 3.63) is 27.7 Å². The van der Waals surface area contributed by atoms with Crippen molar-refractivity contribution in [3.63, 3.8) is 0 Å². The molecule has 1 aromatic carbocycles. The normalized spacial score (nSPS) is 10.7. The Bertz CT molecular complexity index is 333. The van der Waals surface area contributed by atoms with E-state index in [1.807, 2.05) is 0 Å². The van der Waals surface area contributed by atoms with Gasteiger partial charge in [-0.15, -0.1) is 0 Å². The van der Waals surface area contributed by atoms with Crippen molar-refractivity contribution in [2.75, 3.05) is 0 Å². The molecule has 0 atom stereocenters. The highest BCUT2D eigenvalue weighted by Gasteiger charge is 2.15. The fraction of sp³-hybridized carbons (Fsp3) is 0.250. The Kier molecular flexibility index (Phi) is 4.41. The maximum absolute atomic E-state index is 12.0. The minimum absolute atomic E-state index is 0.0694. The maximum atomic E-state index is 12.0. The summed E-state index contributed by atoms with van der Waals surface area (Å²) in [7, 11) is 0. The van der Waals surface area contributed by atoms with Crippen LogP contribution in [0.15, 0.2) is 12.1 Å². The lowest BCUT2D eigenvalue weighted by Gasteiger charge is -2.10. The van der Waals surface area contributed by atoms with Crippen LogP contribution in [0.1, 0.15) is 5.56 Å². The van der Waals surface area contributed by atoms with Crippen LogP contribution in [0.4, 0.5) is 8.78 Å². The summed E-state index contributed by atoms with van der Waals surface area (Å²) in [5.41, 5.74) is 0.645. The number of benzene rings is 1. The molecular formula is C8H5BrCl2F2O. The van der Waals surface area contributed by atoms with Crippen LogP contribution in [0.2, 0.25) is 10.0 Å². The van der Waals surface area contributed by atoms with Crippen LogP contribution in [-0.2, 0) is 5.33 Å². The molecule has 0 aromatic heterocycles. The molecule has 1 aromatic rings. The molecule has 0 radical (unpaired) electrons. The van der Waals surface area contributed by atoms with Crippen molar-refractivity contribution in [2.24, 2.45) is 0 Å². The van der Waals surface area contributed by atoms with Gasteiger partial charge in [-0.05, 0) is 11.6 Å². The first-order valence-electron chi connectivity index (χ1n) is 3.54. The third-order valence-corrected chi connectivity index (χ3v) is 2.80. The maximum Gasteiger partial charge on any atom is 0.387 e. The second kappa shape index (κ2) is 5.14. The lowest BCUT2D eigenvalue weighted by atomic mass is 10.2. The minimum Gasteiger partial charge on any atom is -0.432 e. The van der Waals surface area contributed by atoms with Gasteiger partial charge >= 0.3 is 6.61 Å². The van der Waals surface area contributed by atoms with E-state index in [9.17, 15) is 8.78 Å². The Hall–Kier alpha value is -0.0600. The summed E-state index contributed by atoms with van der Waals surface area (Å²) in [5, 5.41) is 0.623. The van der Waals surface area contributed by atoms with E-state index in [-0.39, 0.29) is 15.8 Å². The summed E-state index contributed by atoms with van der Waals surface area (Å²) < 4.78 is 28.1. The van der Waals surface area contributed by atoms with Crippen molar-refractivity contribution in [3.8, 4) is 5.75 Å². The Labute approximate surface area is 98.1 Å². The number of hydrogen-bond donors (Lipinski definition) is 0. The molecule has 0 amide bonds. The zero-order valence-electron chi connectivity index (χ0n) is 6.74. The van der Waals surface area contributed by atoms with E-state index in [2.05, 4.69) is 20.7 Å². The Morgan fingerprint density at radius 2 is 2.00 bits per heavy atom. The summed E-state index contributed by atoms with van der Waals surface area (Å²) in [5.74, 6) is -0.180. The predicted molar refractivity (Wildman–Crippen MR) is 55.7 cm³/mol. The summed E-state index contributed by atoms with van der Waals surface area (Å²) >= 11 is 14.6. The molecule has 0 aliphatic heterocycles. The molecule has 6 heteroatoms. The summed E-state index contributed by atoms with van der Waals surface area (Å²) in [6.45, 7) is -2.93. The van der Waals surface area contributed by atoms with Gasteiger partial charge in [0.05, 0.1) is 10.0 Å². The molecule has 0 aliphatic carbocycles. The number of hydrogen-bond acceptors (Lipinski definition) is 1. The molecule has 0 heterocycles. The molecule has 0 aliphatic rings. The van der Waals surface area contributed by atoms with Crippen molar-refractivity contribution in [1.82, 2.24) is 0 Å². The zero-order chi connectivity index (χ0) is 10.7. The van der Waals surface area contributed by atoms with Crippen molar-refractivity contribution >= 4 is 39.1 Å². The number of alkyl halides is 3. The van der Waals surface area contributed by atoms with Gasteiger partial charge < -0.3 is 4.74 Å². The summed E-state index contributed by atoms with van der Waals surface area (Å²) in [6.07, 6.45) is 0. The lowest BCUT2D eigenvalue weighted by Crippen LogP contribution is -2.03. The van der Waals surface area contributed by atoms with Gasteiger partial charge in [-0.2, -0.15) is 8.78 Å². The highest BCUT2D eigenvalue weighted by molar-refractivity contribution is 9.08. The first kappa shape index (κ1) is 12.0. The fourth-order valence-corrected chi connectivity index (χ4v) is 2.03. The summed E-state index contributed by atoms with van der Waals surface area (Å²) in [6, 6.07) is 3.10. The van der Waals surface area contributed by atoms with E-state index in [0.717, 1.165) is 0 Å². The van der Waals surface area contributed by atoms with Gasteiger partial charge in [-0.25, -0.2) is 0 Å². The van der Waals surface area contributed by atoms with Crippen molar-refractivity contribution < 1.29 is 13.5 Å². The minimum atomic E-state index is -2.93. The van der Waals surface area contributed by atoms with Gasteiger partial charge in [-0.1, -0.05) is 45.2 Å². The van der Waals surface area contributed by atoms with Crippen LogP contribution in [0.3, 0.4) is 0 Å². The quantitative estimate of drug-likeness (QED) is 0.748. The van der Waals surface area contributed by atoms with Crippen LogP contribution in [0.25, 0.3) is 0 Å². The van der Waals surface area contributed by atoms with E-state index in [1.54, 1.807) is 6.07 Å². The molecule has 0 unspecified atom stereocenters. The molecule has 14 heavy (non-hydrogen) atoms. The van der Waals surface area contributed by atoms with Crippen LogP contribution >= 0.6 is 39.1 Å². The SMILES string of the molecule is FC(F)Oc1c(Cl)ccc(CBr)c1Cl. The average molecular weight is 306 g/mol.